The minimum Gasteiger partial charge on any atom is -0.475 e. The van der Waals surface area contributed by atoms with E-state index in [4.69, 9.17) is 9.52 Å². The number of aldehydes is 1. The van der Waals surface area contributed by atoms with E-state index in [1.54, 1.807) is 6.07 Å². The van der Waals surface area contributed by atoms with Gasteiger partial charge in [-0.3, -0.25) is 0 Å². The van der Waals surface area contributed by atoms with Gasteiger partial charge in [-0.05, 0) is 25.0 Å². The molecule has 0 unspecified atom stereocenters. The normalized spacial score (nSPS) is 10.6. The number of carbonyl (C=O) groups is 2. The number of hydrogen-bond donors (Lipinski definition) is 1. The first-order valence-electron chi connectivity index (χ1n) is 5.33. The zero-order chi connectivity index (χ0) is 12.4. The van der Waals surface area contributed by atoms with Crippen LogP contribution in [0.15, 0.2) is 22.6 Å². The van der Waals surface area contributed by atoms with Crippen molar-refractivity contribution in [3.8, 4) is 0 Å². The van der Waals surface area contributed by atoms with Crippen molar-refractivity contribution in [3.63, 3.8) is 0 Å². The van der Waals surface area contributed by atoms with Gasteiger partial charge in [0.05, 0.1) is 0 Å². The van der Waals surface area contributed by atoms with Gasteiger partial charge in [-0.25, -0.2) is 4.79 Å². The lowest BCUT2D eigenvalue weighted by molar-refractivity contribution is -0.107. The fraction of sp³-hybridized carbons (Fsp3) is 0.231. The van der Waals surface area contributed by atoms with E-state index in [0.717, 1.165) is 17.2 Å². The second-order valence-electron chi connectivity index (χ2n) is 3.87. The summed E-state index contributed by atoms with van der Waals surface area (Å²) in [5, 5.41) is 9.89. The molecule has 0 aliphatic rings. The third kappa shape index (κ3) is 1.93. The molecule has 4 heteroatoms. The van der Waals surface area contributed by atoms with Crippen LogP contribution in [0.2, 0.25) is 0 Å². The Labute approximate surface area is 97.8 Å². The molecule has 0 saturated heterocycles. The van der Waals surface area contributed by atoms with Crippen molar-refractivity contribution in [1.82, 2.24) is 0 Å². The second kappa shape index (κ2) is 4.41. The standard InChI is InChI=1S/C13H12O4/c1-8-4-2-6-10-11(8)9(5-3-7-14)12(17-10)13(15)16/h2,4,6-7H,3,5H2,1H3,(H,15,16). The molecule has 2 aromatic rings. The zero-order valence-electron chi connectivity index (χ0n) is 9.40. The van der Waals surface area contributed by atoms with Gasteiger partial charge in [0.1, 0.15) is 11.9 Å². The number of hydrogen-bond acceptors (Lipinski definition) is 3. The van der Waals surface area contributed by atoms with E-state index in [2.05, 4.69) is 0 Å². The number of fused-ring (bicyclic) bond motifs is 1. The van der Waals surface area contributed by atoms with Crippen molar-refractivity contribution >= 4 is 23.2 Å². The first-order chi connectivity index (χ1) is 8.15. The van der Waals surface area contributed by atoms with E-state index in [0.29, 0.717) is 24.0 Å². The van der Waals surface area contributed by atoms with Crippen molar-refractivity contribution in [2.45, 2.75) is 19.8 Å². The van der Waals surface area contributed by atoms with E-state index in [1.165, 1.54) is 0 Å². The van der Waals surface area contributed by atoms with Crippen molar-refractivity contribution < 1.29 is 19.1 Å². The Balaban J connectivity index is 2.68. The molecule has 1 aromatic carbocycles. The molecule has 88 valence electrons. The fourth-order valence-corrected chi connectivity index (χ4v) is 2.01. The molecule has 0 bridgehead atoms. The number of carboxylic acid groups (broad SMARTS) is 1. The molecular weight excluding hydrogens is 220 g/mol. The highest BCUT2D eigenvalue weighted by Gasteiger charge is 2.20. The smallest absolute Gasteiger partial charge is 0.372 e. The molecule has 0 saturated carbocycles. The van der Waals surface area contributed by atoms with E-state index in [9.17, 15) is 9.59 Å². The number of aryl methyl sites for hydroxylation is 2. The molecule has 2 rings (SSSR count). The van der Waals surface area contributed by atoms with Gasteiger partial charge in [0.25, 0.3) is 0 Å². The monoisotopic (exact) mass is 232 g/mol. The van der Waals surface area contributed by atoms with Crippen molar-refractivity contribution in [3.05, 3.63) is 35.1 Å². The first-order valence-corrected chi connectivity index (χ1v) is 5.33. The highest BCUT2D eigenvalue weighted by molar-refractivity contribution is 5.96. The van der Waals surface area contributed by atoms with Gasteiger partial charge in [0, 0.05) is 17.4 Å². The maximum Gasteiger partial charge on any atom is 0.372 e. The quantitative estimate of drug-likeness (QED) is 0.822. The molecule has 0 aliphatic heterocycles. The van der Waals surface area contributed by atoms with Crippen LogP contribution in [0.4, 0.5) is 0 Å². The van der Waals surface area contributed by atoms with Gasteiger partial charge in [-0.1, -0.05) is 12.1 Å². The zero-order valence-corrected chi connectivity index (χ0v) is 9.40. The largest absolute Gasteiger partial charge is 0.475 e. The topological polar surface area (TPSA) is 67.5 Å². The highest BCUT2D eigenvalue weighted by Crippen LogP contribution is 2.29. The molecule has 4 nitrogen and oxygen atoms in total. The van der Waals surface area contributed by atoms with E-state index >= 15 is 0 Å². The van der Waals surface area contributed by atoms with Gasteiger partial charge in [-0.2, -0.15) is 0 Å². The Morgan fingerprint density at radius 3 is 2.88 bits per heavy atom. The Hall–Kier alpha value is -2.10. The summed E-state index contributed by atoms with van der Waals surface area (Å²) < 4.78 is 5.32. The van der Waals surface area contributed by atoms with Crippen LogP contribution in [0.25, 0.3) is 11.0 Å². The van der Waals surface area contributed by atoms with Crippen LogP contribution in [0, 0.1) is 6.92 Å². The van der Waals surface area contributed by atoms with Gasteiger partial charge >= 0.3 is 5.97 Å². The lowest BCUT2D eigenvalue weighted by atomic mass is 10.0. The van der Waals surface area contributed by atoms with Crippen LogP contribution < -0.4 is 0 Å². The molecule has 0 radical (unpaired) electrons. The van der Waals surface area contributed by atoms with Crippen LogP contribution in [-0.4, -0.2) is 17.4 Å². The van der Waals surface area contributed by atoms with E-state index < -0.39 is 5.97 Å². The van der Waals surface area contributed by atoms with Crippen LogP contribution in [0.5, 0.6) is 0 Å². The van der Waals surface area contributed by atoms with Gasteiger partial charge < -0.3 is 14.3 Å². The number of rotatable bonds is 4. The third-order valence-electron chi connectivity index (χ3n) is 2.73. The Bertz CT molecular complexity index is 580. The van der Waals surface area contributed by atoms with Crippen molar-refractivity contribution in [2.75, 3.05) is 0 Å². The average molecular weight is 232 g/mol. The van der Waals surface area contributed by atoms with Crippen LogP contribution >= 0.6 is 0 Å². The van der Waals surface area contributed by atoms with Crippen molar-refractivity contribution in [1.29, 1.82) is 0 Å². The number of furan rings is 1. The molecule has 17 heavy (non-hydrogen) atoms. The van der Waals surface area contributed by atoms with Gasteiger partial charge in [0.2, 0.25) is 5.76 Å². The summed E-state index contributed by atoms with van der Waals surface area (Å²) in [6.45, 7) is 1.90. The lowest BCUT2D eigenvalue weighted by Gasteiger charge is -1.99. The number of carbonyl (C=O) groups excluding carboxylic acids is 1. The Kier molecular flexibility index (Phi) is 2.95. The minimum absolute atomic E-state index is 0.0591. The number of benzene rings is 1. The minimum atomic E-state index is -1.10. The summed E-state index contributed by atoms with van der Waals surface area (Å²) in [4.78, 5) is 21.5. The summed E-state index contributed by atoms with van der Waals surface area (Å²) in [7, 11) is 0. The number of carboxylic acids is 1. The van der Waals surface area contributed by atoms with Gasteiger partial charge in [0.15, 0.2) is 0 Å². The van der Waals surface area contributed by atoms with E-state index in [-0.39, 0.29) is 5.76 Å². The Morgan fingerprint density at radius 2 is 2.24 bits per heavy atom. The maximum absolute atomic E-state index is 11.1. The van der Waals surface area contributed by atoms with Gasteiger partial charge in [-0.15, -0.1) is 0 Å². The predicted octanol–water partition coefficient (Wildman–Crippen LogP) is 2.57. The number of aromatic carboxylic acids is 1. The summed E-state index contributed by atoms with van der Waals surface area (Å²) in [6, 6.07) is 5.45. The third-order valence-corrected chi connectivity index (χ3v) is 2.73. The summed E-state index contributed by atoms with van der Waals surface area (Å²) >= 11 is 0. The summed E-state index contributed by atoms with van der Waals surface area (Å²) in [6.07, 6.45) is 1.47. The molecule has 1 heterocycles. The molecule has 0 amide bonds. The fourth-order valence-electron chi connectivity index (χ4n) is 2.01. The molecule has 0 spiro atoms. The molecule has 0 aliphatic carbocycles. The average Bonchev–Trinajstić information content (AvgIpc) is 2.66. The van der Waals surface area contributed by atoms with Crippen LogP contribution in [0.1, 0.15) is 28.1 Å². The van der Waals surface area contributed by atoms with Crippen molar-refractivity contribution in [2.24, 2.45) is 0 Å². The summed E-state index contributed by atoms with van der Waals surface area (Å²) in [5.74, 6) is -1.15. The van der Waals surface area contributed by atoms with Crippen LogP contribution in [0.3, 0.4) is 0 Å². The van der Waals surface area contributed by atoms with Crippen LogP contribution in [-0.2, 0) is 11.2 Å². The SMILES string of the molecule is Cc1cccc2oc(C(=O)O)c(CCC=O)c12. The Morgan fingerprint density at radius 1 is 1.47 bits per heavy atom. The highest BCUT2D eigenvalue weighted by atomic mass is 16.4. The lowest BCUT2D eigenvalue weighted by Crippen LogP contribution is -1.99. The molecule has 0 atom stereocenters. The first kappa shape index (κ1) is 11.4. The predicted molar refractivity (Wildman–Crippen MR) is 62.3 cm³/mol. The molecule has 1 aromatic heterocycles. The van der Waals surface area contributed by atoms with E-state index in [1.807, 2.05) is 19.1 Å². The molecular formula is C13H12O4. The summed E-state index contributed by atoms with van der Waals surface area (Å²) in [5.41, 5.74) is 2.13. The molecule has 1 N–H and O–H groups in total. The maximum atomic E-state index is 11.1. The second-order valence-corrected chi connectivity index (χ2v) is 3.87. The molecule has 0 fully saturated rings.